The number of hydrogen-bond acceptors (Lipinski definition) is 5. The van der Waals surface area contributed by atoms with Crippen molar-refractivity contribution in [2.75, 3.05) is 20.2 Å². The number of unbranched alkanes of at least 4 members (excludes halogenated alkanes) is 1. The van der Waals surface area contributed by atoms with Gasteiger partial charge in [-0.1, -0.05) is 55.8 Å². The Morgan fingerprint density at radius 2 is 1.97 bits per heavy atom. The Labute approximate surface area is 206 Å². The van der Waals surface area contributed by atoms with Crippen molar-refractivity contribution < 1.29 is 14.6 Å². The molecule has 1 N–H and O–H groups in total. The summed E-state index contributed by atoms with van der Waals surface area (Å²) in [7, 11) is 1.60. The summed E-state index contributed by atoms with van der Waals surface area (Å²) in [5.74, 6) is 0.418. The van der Waals surface area contributed by atoms with Gasteiger partial charge in [-0.25, -0.2) is 0 Å². The Balaban J connectivity index is 1.71. The molecule has 0 aliphatic carbocycles. The highest BCUT2D eigenvalue weighted by molar-refractivity contribution is 5.96. The molecular weight excluding hydrogens is 442 g/mol. The zero-order valence-electron chi connectivity index (χ0n) is 20.6. The Bertz CT molecular complexity index is 1240. The zero-order valence-corrected chi connectivity index (χ0v) is 20.6. The number of methoxy groups -OCH3 is 1. The van der Waals surface area contributed by atoms with E-state index < -0.39 is 17.3 Å². The maximum Gasteiger partial charge on any atom is 0.270 e. The summed E-state index contributed by atoms with van der Waals surface area (Å²) in [5, 5.41) is 10.8. The quantitative estimate of drug-likeness (QED) is 0.517. The number of aromatic hydroxyl groups is 1. The molecule has 2 atom stereocenters. The minimum atomic E-state index is -0.507. The van der Waals surface area contributed by atoms with E-state index >= 15 is 0 Å². The van der Waals surface area contributed by atoms with E-state index in [-0.39, 0.29) is 17.5 Å². The number of benzene rings is 2. The van der Waals surface area contributed by atoms with Crippen molar-refractivity contribution >= 4 is 5.91 Å². The predicted molar refractivity (Wildman–Crippen MR) is 135 cm³/mol. The van der Waals surface area contributed by atoms with Gasteiger partial charge in [0.15, 0.2) is 5.56 Å². The highest BCUT2D eigenvalue weighted by Crippen LogP contribution is 2.29. The number of aryl methyl sites for hydroxylation is 1. The number of carbonyl (C=O) groups is 1. The Hall–Kier alpha value is -3.61. The third-order valence-corrected chi connectivity index (χ3v) is 6.85. The number of carbonyl (C=O) groups excluding carboxylic acids is 1. The van der Waals surface area contributed by atoms with Crippen LogP contribution in [0.2, 0.25) is 0 Å². The zero-order chi connectivity index (χ0) is 24.9. The normalized spacial score (nSPS) is 16.3. The molecule has 0 radical (unpaired) electrons. The van der Waals surface area contributed by atoms with Gasteiger partial charge in [0.1, 0.15) is 11.6 Å². The minimum Gasteiger partial charge on any atom is -0.497 e. The number of likely N-dealkylation sites (tertiary alicyclic amines) is 1. The first-order valence-electron chi connectivity index (χ1n) is 12.3. The maximum atomic E-state index is 13.8. The van der Waals surface area contributed by atoms with Crippen LogP contribution >= 0.6 is 0 Å². The molecular formula is C28H33N3O4. The summed E-state index contributed by atoms with van der Waals surface area (Å²) >= 11 is 0. The molecule has 1 saturated heterocycles. The van der Waals surface area contributed by atoms with Crippen LogP contribution in [0, 0.1) is 0 Å². The first kappa shape index (κ1) is 24.5. The van der Waals surface area contributed by atoms with E-state index in [0.717, 1.165) is 24.8 Å². The van der Waals surface area contributed by atoms with Crippen LogP contribution in [-0.2, 0) is 6.42 Å². The van der Waals surface area contributed by atoms with Gasteiger partial charge in [-0.2, -0.15) is 4.98 Å². The number of hydrogen-bond donors (Lipinski definition) is 1. The van der Waals surface area contributed by atoms with Gasteiger partial charge in [-0.05, 0) is 43.0 Å². The van der Waals surface area contributed by atoms with Crippen LogP contribution in [0.3, 0.4) is 0 Å². The third kappa shape index (κ3) is 5.09. The van der Waals surface area contributed by atoms with Crippen LogP contribution in [0.5, 0.6) is 11.6 Å². The van der Waals surface area contributed by atoms with Crippen molar-refractivity contribution in [3.63, 3.8) is 0 Å². The fourth-order valence-corrected chi connectivity index (χ4v) is 4.81. The molecule has 4 rings (SSSR count). The summed E-state index contributed by atoms with van der Waals surface area (Å²) in [5.41, 5.74) is 1.27. The van der Waals surface area contributed by atoms with Crippen LogP contribution in [0.15, 0.2) is 59.4 Å². The van der Waals surface area contributed by atoms with Crippen LogP contribution in [0.1, 0.15) is 72.4 Å². The number of ether oxygens (including phenoxy) is 1. The SMILES string of the molecule is CCCCc1nc(O)c(C(=O)N2CC[C@@H](c3ccccc3)C2)c(=O)n1C(C)c1cccc(OC)c1. The monoisotopic (exact) mass is 475 g/mol. The molecule has 1 aliphatic heterocycles. The molecule has 0 spiro atoms. The highest BCUT2D eigenvalue weighted by atomic mass is 16.5. The number of amides is 1. The second kappa shape index (κ2) is 10.8. The molecule has 7 heteroatoms. The summed E-state index contributed by atoms with van der Waals surface area (Å²) in [4.78, 5) is 33.3. The summed E-state index contributed by atoms with van der Waals surface area (Å²) < 4.78 is 6.92. The lowest BCUT2D eigenvalue weighted by Crippen LogP contribution is -2.38. The molecule has 1 aliphatic rings. The number of aromatic nitrogens is 2. The Morgan fingerprint density at radius 1 is 1.20 bits per heavy atom. The second-order valence-corrected chi connectivity index (χ2v) is 9.11. The van der Waals surface area contributed by atoms with Gasteiger partial charge >= 0.3 is 0 Å². The molecule has 1 unspecified atom stereocenters. The van der Waals surface area contributed by atoms with Crippen LogP contribution in [0.4, 0.5) is 0 Å². The van der Waals surface area contributed by atoms with Crippen molar-refractivity contribution in [3.8, 4) is 11.6 Å². The standard InChI is InChI=1S/C28H33N3O4/c1-4-5-14-24-29-26(32)25(27(33)30-16-15-22(18-30)20-10-7-6-8-11-20)28(34)31(24)19(2)21-12-9-13-23(17-21)35-3/h6-13,17,19,22,32H,4-5,14-16,18H2,1-3H3/t19?,22-/m1/s1. The predicted octanol–water partition coefficient (Wildman–Crippen LogP) is 4.54. The number of rotatable bonds is 8. The molecule has 7 nitrogen and oxygen atoms in total. The maximum absolute atomic E-state index is 13.8. The Morgan fingerprint density at radius 3 is 2.69 bits per heavy atom. The van der Waals surface area contributed by atoms with Gasteiger partial charge < -0.3 is 14.7 Å². The van der Waals surface area contributed by atoms with E-state index in [4.69, 9.17) is 4.74 Å². The average molecular weight is 476 g/mol. The largest absolute Gasteiger partial charge is 0.497 e. The van der Waals surface area contributed by atoms with E-state index in [9.17, 15) is 14.7 Å². The fraction of sp³-hybridized carbons (Fsp3) is 0.393. The smallest absolute Gasteiger partial charge is 0.270 e. The van der Waals surface area contributed by atoms with Crippen LogP contribution < -0.4 is 10.3 Å². The molecule has 1 amide bonds. The molecule has 3 aromatic rings. The molecule has 1 aromatic heterocycles. The molecule has 0 bridgehead atoms. The molecule has 1 fully saturated rings. The van der Waals surface area contributed by atoms with E-state index in [1.807, 2.05) is 49.4 Å². The highest BCUT2D eigenvalue weighted by Gasteiger charge is 2.33. The first-order chi connectivity index (χ1) is 16.9. The van der Waals surface area contributed by atoms with Crippen molar-refractivity contribution in [1.82, 2.24) is 14.5 Å². The van der Waals surface area contributed by atoms with E-state index in [1.165, 1.54) is 5.56 Å². The topological polar surface area (TPSA) is 84.7 Å². The summed E-state index contributed by atoms with van der Waals surface area (Å²) in [6.45, 7) is 4.99. The Kier molecular flexibility index (Phi) is 7.54. The minimum absolute atomic E-state index is 0.206. The summed E-state index contributed by atoms with van der Waals surface area (Å²) in [6, 6.07) is 17.2. The lowest BCUT2D eigenvalue weighted by molar-refractivity contribution is 0.0783. The third-order valence-electron chi connectivity index (χ3n) is 6.85. The van der Waals surface area contributed by atoms with Gasteiger partial charge in [0.2, 0.25) is 5.88 Å². The summed E-state index contributed by atoms with van der Waals surface area (Å²) in [6.07, 6.45) is 3.07. The van der Waals surface area contributed by atoms with Crippen molar-refractivity contribution in [2.24, 2.45) is 0 Å². The van der Waals surface area contributed by atoms with Gasteiger partial charge in [-0.15, -0.1) is 0 Å². The van der Waals surface area contributed by atoms with Crippen molar-refractivity contribution in [3.05, 3.63) is 87.5 Å². The van der Waals surface area contributed by atoms with Gasteiger partial charge in [0, 0.05) is 25.4 Å². The van der Waals surface area contributed by atoms with Crippen molar-refractivity contribution in [1.29, 1.82) is 0 Å². The molecule has 2 aromatic carbocycles. The fourth-order valence-electron chi connectivity index (χ4n) is 4.81. The van der Waals surface area contributed by atoms with Gasteiger partial charge in [0.25, 0.3) is 11.5 Å². The lowest BCUT2D eigenvalue weighted by Gasteiger charge is -2.23. The van der Waals surface area contributed by atoms with Crippen LogP contribution in [0.25, 0.3) is 0 Å². The van der Waals surface area contributed by atoms with Crippen LogP contribution in [-0.4, -0.2) is 45.7 Å². The van der Waals surface area contributed by atoms with Crippen molar-refractivity contribution in [2.45, 2.75) is 51.5 Å². The molecule has 184 valence electrons. The number of nitrogens with zero attached hydrogens (tertiary/aromatic N) is 3. The van der Waals surface area contributed by atoms with E-state index in [2.05, 4.69) is 24.0 Å². The molecule has 2 heterocycles. The molecule has 0 saturated carbocycles. The molecule has 35 heavy (non-hydrogen) atoms. The van der Waals surface area contributed by atoms with E-state index in [0.29, 0.717) is 31.1 Å². The first-order valence-corrected chi connectivity index (χ1v) is 12.3. The average Bonchev–Trinajstić information content (AvgIpc) is 3.38. The van der Waals surface area contributed by atoms with Gasteiger partial charge in [0.05, 0.1) is 13.2 Å². The second-order valence-electron chi connectivity index (χ2n) is 9.11. The van der Waals surface area contributed by atoms with Gasteiger partial charge in [-0.3, -0.25) is 14.2 Å². The lowest BCUT2D eigenvalue weighted by atomic mass is 9.99. The van der Waals surface area contributed by atoms with E-state index in [1.54, 1.807) is 16.6 Å².